The fraction of sp³-hybridized carbons (Fsp3) is 0.654. The Kier molecular flexibility index (Phi) is 10.2. The van der Waals surface area contributed by atoms with Crippen LogP contribution in [0.1, 0.15) is 63.8 Å². The monoisotopic (exact) mass is 517 g/mol. The number of carbonyl (C=O) groups is 2. The Morgan fingerprint density at radius 2 is 2.03 bits per heavy atom. The maximum absolute atomic E-state index is 12.4. The third-order valence-corrected chi connectivity index (χ3v) is 6.37. The largest absolute Gasteiger partial charge is 0.489 e. The number of pyridine rings is 1. The summed E-state index contributed by atoms with van der Waals surface area (Å²) in [5.41, 5.74) is 2.45. The van der Waals surface area contributed by atoms with Crippen LogP contribution in [0.2, 0.25) is 0 Å². The van der Waals surface area contributed by atoms with E-state index in [4.69, 9.17) is 19.3 Å². The maximum Gasteiger partial charge on any atom is 0.409 e. The van der Waals surface area contributed by atoms with E-state index in [-0.39, 0.29) is 37.3 Å². The quantitative estimate of drug-likeness (QED) is 0.352. The summed E-state index contributed by atoms with van der Waals surface area (Å²) in [6.45, 7) is 6.17. The topological polar surface area (TPSA) is 129 Å². The zero-order valence-corrected chi connectivity index (χ0v) is 22.5. The highest BCUT2D eigenvalue weighted by Crippen LogP contribution is 2.31. The lowest BCUT2D eigenvalue weighted by Crippen LogP contribution is -2.31. The van der Waals surface area contributed by atoms with Gasteiger partial charge in [0.05, 0.1) is 29.5 Å². The number of aromatic nitrogens is 4. The number of amides is 1. The molecule has 0 bridgehead atoms. The normalized spacial score (nSPS) is 17.5. The van der Waals surface area contributed by atoms with Gasteiger partial charge in [-0.2, -0.15) is 0 Å². The van der Waals surface area contributed by atoms with Gasteiger partial charge in [-0.05, 0) is 71.4 Å². The Labute approximate surface area is 218 Å². The van der Waals surface area contributed by atoms with Gasteiger partial charge in [0.2, 0.25) is 0 Å². The van der Waals surface area contributed by atoms with Crippen LogP contribution in [0, 0.1) is 12.8 Å². The molecular weight excluding hydrogens is 478 g/mol. The second kappa shape index (κ2) is 13.4. The molecule has 2 atom stereocenters. The summed E-state index contributed by atoms with van der Waals surface area (Å²) >= 11 is 0. The number of ether oxygens (including phenoxy) is 3. The average molecular weight is 518 g/mol. The third-order valence-electron chi connectivity index (χ3n) is 6.37. The molecule has 0 aliphatic heterocycles. The van der Waals surface area contributed by atoms with Crippen LogP contribution < -0.4 is 4.74 Å². The number of hydrogen-bond acceptors (Lipinski definition) is 9. The van der Waals surface area contributed by atoms with E-state index < -0.39 is 6.09 Å². The molecule has 2 aromatic rings. The van der Waals surface area contributed by atoms with Crippen molar-refractivity contribution in [2.75, 3.05) is 20.2 Å². The second-order valence-corrected chi connectivity index (χ2v) is 9.78. The zero-order valence-electron chi connectivity index (χ0n) is 22.5. The lowest BCUT2D eigenvalue weighted by atomic mass is 9.87. The molecule has 37 heavy (non-hydrogen) atoms. The molecule has 0 aromatic carbocycles. The first kappa shape index (κ1) is 28.4. The number of aryl methyl sites for hydroxylation is 2. The molecule has 1 N–H and O–H groups in total. The van der Waals surface area contributed by atoms with Crippen molar-refractivity contribution in [3.63, 3.8) is 0 Å². The highest BCUT2D eigenvalue weighted by Gasteiger charge is 2.30. The van der Waals surface area contributed by atoms with Gasteiger partial charge in [0.25, 0.3) is 0 Å². The Morgan fingerprint density at radius 3 is 2.73 bits per heavy atom. The van der Waals surface area contributed by atoms with Crippen molar-refractivity contribution in [3.8, 4) is 17.1 Å². The van der Waals surface area contributed by atoms with Gasteiger partial charge in [0, 0.05) is 27.2 Å². The molecule has 1 amide bonds. The number of esters is 1. The van der Waals surface area contributed by atoms with Crippen LogP contribution in [0.5, 0.6) is 5.75 Å². The Bertz CT molecular complexity index is 1060. The molecule has 1 aliphatic carbocycles. The number of unbranched alkanes of at least 4 members (excludes halogenated alkanes) is 1. The minimum absolute atomic E-state index is 0.00305. The van der Waals surface area contributed by atoms with E-state index in [1.165, 1.54) is 4.90 Å². The molecule has 2 aromatic heterocycles. The van der Waals surface area contributed by atoms with Gasteiger partial charge in [-0.1, -0.05) is 5.21 Å². The van der Waals surface area contributed by atoms with Gasteiger partial charge in [-0.15, -0.1) is 5.10 Å². The van der Waals surface area contributed by atoms with E-state index in [0.717, 1.165) is 19.3 Å². The predicted octanol–water partition coefficient (Wildman–Crippen LogP) is 3.42. The summed E-state index contributed by atoms with van der Waals surface area (Å²) in [4.78, 5) is 30.8. The van der Waals surface area contributed by atoms with Gasteiger partial charge in [0.1, 0.15) is 23.7 Å². The third kappa shape index (κ3) is 7.88. The number of hydrogen-bond donors (Lipinski definition) is 1. The summed E-state index contributed by atoms with van der Waals surface area (Å²) < 4.78 is 18.7. The molecule has 11 heteroatoms. The summed E-state index contributed by atoms with van der Waals surface area (Å²) in [6.07, 6.45) is 3.89. The average Bonchev–Trinajstić information content (AvgIpc) is 3.23. The molecule has 0 spiro atoms. The number of aliphatic hydroxyl groups is 1. The first-order valence-corrected chi connectivity index (χ1v) is 12.9. The Morgan fingerprint density at radius 1 is 1.24 bits per heavy atom. The molecule has 2 heterocycles. The molecule has 3 rings (SSSR count). The minimum atomic E-state index is -0.457. The van der Waals surface area contributed by atoms with Crippen molar-refractivity contribution >= 4 is 12.1 Å². The number of carbonyl (C=O) groups excluding carboxylic acids is 2. The molecule has 0 unspecified atom stereocenters. The fourth-order valence-corrected chi connectivity index (χ4v) is 4.31. The Balaban J connectivity index is 1.64. The van der Waals surface area contributed by atoms with Crippen molar-refractivity contribution in [3.05, 3.63) is 23.5 Å². The van der Waals surface area contributed by atoms with Crippen LogP contribution in [0.3, 0.4) is 0 Å². The van der Waals surface area contributed by atoms with E-state index in [1.54, 1.807) is 18.8 Å². The molecule has 0 radical (unpaired) electrons. The van der Waals surface area contributed by atoms with Gasteiger partial charge in [-0.25, -0.2) is 14.5 Å². The summed E-state index contributed by atoms with van der Waals surface area (Å²) in [5, 5.41) is 17.2. The van der Waals surface area contributed by atoms with E-state index in [9.17, 15) is 9.59 Å². The zero-order chi connectivity index (χ0) is 26.9. The van der Waals surface area contributed by atoms with Crippen LogP contribution in [0.4, 0.5) is 4.79 Å². The number of rotatable bonds is 11. The SMILES string of the molecule is Cc1nc(-c2nnn(C)c2COC(=O)N(C)CCCCO)ccc1O[C@H]1CCC[C@H](C(=O)OC(C)C)C1. The molecule has 11 nitrogen and oxygen atoms in total. The van der Waals surface area contributed by atoms with Crippen molar-refractivity contribution in [1.29, 1.82) is 0 Å². The van der Waals surface area contributed by atoms with Gasteiger partial charge in [-0.3, -0.25) is 4.79 Å². The Hall–Kier alpha value is -3.21. The summed E-state index contributed by atoms with van der Waals surface area (Å²) in [7, 11) is 3.40. The molecule has 204 valence electrons. The highest BCUT2D eigenvalue weighted by molar-refractivity contribution is 5.72. The van der Waals surface area contributed by atoms with Crippen LogP contribution in [0.15, 0.2) is 12.1 Å². The molecular formula is C26H39N5O6. The maximum atomic E-state index is 12.4. The van der Waals surface area contributed by atoms with Crippen LogP contribution in [-0.2, 0) is 27.9 Å². The van der Waals surface area contributed by atoms with Gasteiger partial charge in [0.15, 0.2) is 0 Å². The van der Waals surface area contributed by atoms with Crippen molar-refractivity contribution < 1.29 is 28.9 Å². The van der Waals surface area contributed by atoms with Gasteiger partial charge >= 0.3 is 12.1 Å². The number of aliphatic hydroxyl groups excluding tert-OH is 1. The lowest BCUT2D eigenvalue weighted by molar-refractivity contribution is -0.154. The highest BCUT2D eigenvalue weighted by atomic mass is 16.6. The standard InChI is InChI=1S/C26H39N5O6/c1-17(2)36-25(33)19-9-8-10-20(15-19)37-23-12-11-21(27-18(23)3)24-22(31(5)29-28-24)16-35-26(34)30(4)13-6-7-14-32/h11-12,17,19-20,32H,6-10,13-16H2,1-5H3/t19-,20-/m0/s1. The molecule has 1 aliphatic rings. The first-order valence-electron chi connectivity index (χ1n) is 12.9. The second-order valence-electron chi connectivity index (χ2n) is 9.78. The van der Waals surface area contributed by atoms with E-state index >= 15 is 0 Å². The molecule has 0 saturated heterocycles. The summed E-state index contributed by atoms with van der Waals surface area (Å²) in [6, 6.07) is 3.67. The fourth-order valence-electron chi connectivity index (χ4n) is 4.31. The lowest BCUT2D eigenvalue weighted by Gasteiger charge is -2.29. The van der Waals surface area contributed by atoms with Crippen molar-refractivity contribution in [1.82, 2.24) is 24.9 Å². The number of nitrogens with zero attached hydrogens (tertiary/aromatic N) is 5. The predicted molar refractivity (Wildman–Crippen MR) is 136 cm³/mol. The van der Waals surface area contributed by atoms with Crippen LogP contribution in [-0.4, -0.2) is 74.5 Å². The molecule has 1 fully saturated rings. The van der Waals surface area contributed by atoms with E-state index in [1.807, 2.05) is 32.9 Å². The van der Waals surface area contributed by atoms with Crippen LogP contribution >= 0.6 is 0 Å². The van der Waals surface area contributed by atoms with Crippen molar-refractivity contribution in [2.24, 2.45) is 13.0 Å². The van der Waals surface area contributed by atoms with Crippen molar-refractivity contribution in [2.45, 2.75) is 78.1 Å². The first-order chi connectivity index (χ1) is 17.7. The van der Waals surface area contributed by atoms with E-state index in [2.05, 4.69) is 15.3 Å². The van der Waals surface area contributed by atoms with E-state index in [0.29, 0.717) is 54.3 Å². The molecule has 1 saturated carbocycles. The summed E-state index contributed by atoms with van der Waals surface area (Å²) in [5.74, 6) is 0.362. The minimum Gasteiger partial charge on any atom is -0.489 e. The smallest absolute Gasteiger partial charge is 0.409 e. The van der Waals surface area contributed by atoms with Gasteiger partial charge < -0.3 is 24.2 Å². The van der Waals surface area contributed by atoms with Crippen LogP contribution in [0.25, 0.3) is 11.4 Å².